The fraction of sp³-hybridized carbons (Fsp3) is 0.471. The van der Waals surface area contributed by atoms with Gasteiger partial charge in [-0.05, 0) is 32.2 Å². The van der Waals surface area contributed by atoms with Crippen LogP contribution in [-0.2, 0) is 14.4 Å². The SMILES string of the molecule is NCCCC[C@H](NC(=O)[C@@H](CCC(=O)O)Nc1c([N+](=O)[O-])cc([N+](=O)[O-])cc1[N+](=O)[O-])C(=O)O. The number of carbonyl (C=O) groups excluding carboxylic acids is 1. The van der Waals surface area contributed by atoms with Crippen molar-refractivity contribution in [1.29, 1.82) is 0 Å². The molecule has 0 aliphatic carbocycles. The Labute approximate surface area is 190 Å². The van der Waals surface area contributed by atoms with Gasteiger partial charge in [-0.25, -0.2) is 4.79 Å². The Morgan fingerprint density at radius 3 is 1.88 bits per heavy atom. The van der Waals surface area contributed by atoms with Gasteiger partial charge in [-0.1, -0.05) is 0 Å². The number of hydrogen-bond donors (Lipinski definition) is 5. The third kappa shape index (κ3) is 7.93. The molecule has 0 saturated carbocycles. The number of nitro groups is 3. The molecule has 2 atom stereocenters. The van der Waals surface area contributed by atoms with Crippen molar-refractivity contribution < 1.29 is 39.4 Å². The smallest absolute Gasteiger partial charge is 0.326 e. The Kier molecular flexibility index (Phi) is 10.2. The molecule has 0 spiro atoms. The van der Waals surface area contributed by atoms with Crippen molar-refractivity contribution in [2.24, 2.45) is 5.73 Å². The number of hydrogen-bond acceptors (Lipinski definition) is 11. The van der Waals surface area contributed by atoms with E-state index in [2.05, 4.69) is 10.6 Å². The van der Waals surface area contributed by atoms with Crippen molar-refractivity contribution in [3.05, 3.63) is 42.5 Å². The molecule has 186 valence electrons. The van der Waals surface area contributed by atoms with E-state index >= 15 is 0 Å². The maximum atomic E-state index is 12.7. The molecule has 0 aliphatic heterocycles. The summed E-state index contributed by atoms with van der Waals surface area (Å²) in [5.74, 6) is -3.87. The van der Waals surface area contributed by atoms with Crippen molar-refractivity contribution >= 4 is 40.6 Å². The van der Waals surface area contributed by atoms with E-state index in [9.17, 15) is 49.8 Å². The number of carboxylic acid groups (broad SMARTS) is 2. The van der Waals surface area contributed by atoms with Gasteiger partial charge >= 0.3 is 23.3 Å². The van der Waals surface area contributed by atoms with Gasteiger partial charge in [0.2, 0.25) is 5.91 Å². The van der Waals surface area contributed by atoms with Gasteiger partial charge in [-0.3, -0.25) is 39.9 Å². The molecule has 0 heterocycles. The number of nitro benzene ring substituents is 3. The molecule has 1 aromatic rings. The van der Waals surface area contributed by atoms with Gasteiger partial charge in [-0.2, -0.15) is 0 Å². The van der Waals surface area contributed by atoms with E-state index in [4.69, 9.17) is 10.8 Å². The topological polar surface area (TPSA) is 271 Å². The fourth-order valence-corrected chi connectivity index (χ4v) is 2.87. The molecule has 17 heteroatoms. The van der Waals surface area contributed by atoms with E-state index in [0.717, 1.165) is 0 Å². The molecule has 0 fully saturated rings. The molecule has 0 bridgehead atoms. The first-order chi connectivity index (χ1) is 15.9. The number of nitrogens with two attached hydrogens (primary N) is 1. The third-order valence-electron chi connectivity index (χ3n) is 4.53. The van der Waals surface area contributed by atoms with Crippen molar-refractivity contribution in [3.63, 3.8) is 0 Å². The van der Waals surface area contributed by atoms with Crippen LogP contribution in [0.25, 0.3) is 0 Å². The molecule has 17 nitrogen and oxygen atoms in total. The maximum Gasteiger partial charge on any atom is 0.326 e. The monoisotopic (exact) mass is 486 g/mol. The molecule has 34 heavy (non-hydrogen) atoms. The van der Waals surface area contributed by atoms with Crippen LogP contribution in [0, 0.1) is 30.3 Å². The number of nitrogens with zero attached hydrogens (tertiary/aromatic N) is 3. The van der Waals surface area contributed by atoms with Crippen LogP contribution in [0.1, 0.15) is 32.1 Å². The zero-order valence-electron chi connectivity index (χ0n) is 17.5. The van der Waals surface area contributed by atoms with Crippen molar-refractivity contribution in [3.8, 4) is 0 Å². The van der Waals surface area contributed by atoms with Crippen molar-refractivity contribution in [2.45, 2.75) is 44.2 Å². The minimum absolute atomic E-state index is 0.0260. The Balaban J connectivity index is 3.41. The summed E-state index contributed by atoms with van der Waals surface area (Å²) in [7, 11) is 0. The summed E-state index contributed by atoms with van der Waals surface area (Å²) in [6, 6.07) is -2.19. The average molecular weight is 486 g/mol. The van der Waals surface area contributed by atoms with Crippen LogP contribution in [0.2, 0.25) is 0 Å². The van der Waals surface area contributed by atoms with Gasteiger partial charge in [0.1, 0.15) is 12.1 Å². The van der Waals surface area contributed by atoms with Gasteiger partial charge in [-0.15, -0.1) is 0 Å². The van der Waals surface area contributed by atoms with Crippen LogP contribution in [0.3, 0.4) is 0 Å². The minimum Gasteiger partial charge on any atom is -0.481 e. The highest BCUT2D eigenvalue weighted by Gasteiger charge is 2.34. The standard InChI is InChI=1S/C17H22N6O11/c18-6-2-1-3-11(17(27)28)20-16(26)10(4-5-14(24)25)19-15-12(22(31)32)7-9(21(29)30)8-13(15)23(33)34/h7-8,10-11,19H,1-6,18H2,(H,20,26)(H,24,25)(H,27,28)/t10-,11+/m1/s1. The van der Waals surface area contributed by atoms with Crippen LogP contribution in [0.4, 0.5) is 22.7 Å². The van der Waals surface area contributed by atoms with Crippen molar-refractivity contribution in [2.75, 3.05) is 11.9 Å². The summed E-state index contributed by atoms with van der Waals surface area (Å²) in [5.41, 5.74) is 1.31. The largest absolute Gasteiger partial charge is 0.481 e. The van der Waals surface area contributed by atoms with E-state index in [-0.39, 0.29) is 13.0 Å². The predicted octanol–water partition coefficient (Wildman–Crippen LogP) is 0.755. The highest BCUT2D eigenvalue weighted by atomic mass is 16.6. The third-order valence-corrected chi connectivity index (χ3v) is 4.53. The molecule has 6 N–H and O–H groups in total. The lowest BCUT2D eigenvalue weighted by molar-refractivity contribution is -0.401. The molecule has 1 aromatic carbocycles. The highest BCUT2D eigenvalue weighted by molar-refractivity contribution is 5.91. The number of unbranched alkanes of at least 4 members (excludes halogenated alkanes) is 1. The van der Waals surface area contributed by atoms with Crippen LogP contribution >= 0.6 is 0 Å². The minimum atomic E-state index is -1.66. The molecule has 0 aromatic heterocycles. The first-order valence-electron chi connectivity index (χ1n) is 9.71. The number of anilines is 1. The number of carbonyl (C=O) groups is 3. The van der Waals surface area contributed by atoms with Gasteiger partial charge in [0.15, 0.2) is 5.69 Å². The van der Waals surface area contributed by atoms with E-state index in [1.54, 1.807) is 0 Å². The van der Waals surface area contributed by atoms with Crippen molar-refractivity contribution in [1.82, 2.24) is 5.32 Å². The Morgan fingerprint density at radius 1 is 0.912 bits per heavy atom. The number of nitrogens with one attached hydrogen (secondary N) is 2. The summed E-state index contributed by atoms with van der Waals surface area (Å²) in [6.45, 7) is 0.274. The number of rotatable bonds is 15. The quantitative estimate of drug-likeness (QED) is 0.130. The molecule has 1 rings (SSSR count). The average Bonchev–Trinajstić information content (AvgIpc) is 2.74. The lowest BCUT2D eigenvalue weighted by Crippen LogP contribution is -2.48. The molecular weight excluding hydrogens is 464 g/mol. The summed E-state index contributed by atoms with van der Waals surface area (Å²) in [5, 5.41) is 56.5. The van der Waals surface area contributed by atoms with Crippen LogP contribution in [0.15, 0.2) is 12.1 Å². The van der Waals surface area contributed by atoms with Gasteiger partial charge in [0.25, 0.3) is 5.69 Å². The van der Waals surface area contributed by atoms with Gasteiger partial charge < -0.3 is 26.6 Å². The van der Waals surface area contributed by atoms with Gasteiger partial charge in [0.05, 0.1) is 26.9 Å². The fourth-order valence-electron chi connectivity index (χ4n) is 2.87. The van der Waals surface area contributed by atoms with Crippen LogP contribution in [0.5, 0.6) is 0 Å². The van der Waals surface area contributed by atoms with E-state index in [1.165, 1.54) is 0 Å². The Bertz CT molecular complexity index is 948. The number of benzene rings is 1. The lowest BCUT2D eigenvalue weighted by Gasteiger charge is -2.21. The van der Waals surface area contributed by atoms with E-state index in [1.807, 2.05) is 0 Å². The van der Waals surface area contributed by atoms with E-state index < -0.39 is 80.3 Å². The summed E-state index contributed by atoms with van der Waals surface area (Å²) < 4.78 is 0. The summed E-state index contributed by atoms with van der Waals surface area (Å²) in [4.78, 5) is 65.7. The second-order valence-corrected chi connectivity index (χ2v) is 6.94. The zero-order chi connectivity index (χ0) is 26.0. The second kappa shape index (κ2) is 12.6. The molecule has 0 saturated heterocycles. The lowest BCUT2D eigenvalue weighted by atomic mass is 10.1. The summed E-state index contributed by atoms with van der Waals surface area (Å²) in [6.07, 6.45) is -0.435. The van der Waals surface area contributed by atoms with Crippen LogP contribution in [-0.4, -0.2) is 61.5 Å². The molecule has 0 aliphatic rings. The summed E-state index contributed by atoms with van der Waals surface area (Å²) >= 11 is 0. The number of carboxylic acids is 2. The predicted molar refractivity (Wildman–Crippen MR) is 113 cm³/mol. The zero-order valence-corrected chi connectivity index (χ0v) is 17.5. The Hall–Kier alpha value is -4.41. The number of amides is 1. The van der Waals surface area contributed by atoms with E-state index in [0.29, 0.717) is 25.0 Å². The number of aliphatic carboxylic acids is 2. The normalized spacial score (nSPS) is 12.3. The molecule has 0 unspecified atom stereocenters. The molecule has 1 amide bonds. The highest BCUT2D eigenvalue weighted by Crippen LogP contribution is 2.39. The first kappa shape index (κ1) is 27.6. The maximum absolute atomic E-state index is 12.7. The van der Waals surface area contributed by atoms with Gasteiger partial charge in [0, 0.05) is 6.42 Å². The second-order valence-electron chi connectivity index (χ2n) is 6.94. The molecule has 0 radical (unpaired) electrons. The molecular formula is C17H22N6O11. The first-order valence-corrected chi connectivity index (χ1v) is 9.71. The number of non-ortho nitro benzene ring substituents is 1. The van der Waals surface area contributed by atoms with Crippen LogP contribution < -0.4 is 16.4 Å². The Morgan fingerprint density at radius 2 is 1.47 bits per heavy atom.